The van der Waals surface area contributed by atoms with Gasteiger partial charge in [-0.2, -0.15) is 0 Å². The highest BCUT2D eigenvalue weighted by molar-refractivity contribution is 5.91. The summed E-state index contributed by atoms with van der Waals surface area (Å²) in [4.78, 5) is 45.1. The van der Waals surface area contributed by atoms with E-state index in [1.165, 1.54) is 0 Å². The first-order valence-corrected chi connectivity index (χ1v) is 7.17. The van der Waals surface area contributed by atoms with Crippen molar-refractivity contribution in [1.29, 1.82) is 0 Å². The van der Waals surface area contributed by atoms with Crippen LogP contribution in [0.15, 0.2) is 30.3 Å². The highest BCUT2D eigenvalue weighted by Crippen LogP contribution is 2.01. The third kappa shape index (κ3) is 6.88. The van der Waals surface area contributed by atoms with Gasteiger partial charge < -0.3 is 27.2 Å². The fourth-order valence-corrected chi connectivity index (χ4v) is 1.91. The number of nitrogens with one attached hydrogen (secondary N) is 2. The maximum Gasteiger partial charge on any atom is 0.326 e. The molecule has 3 amide bonds. The summed E-state index contributed by atoms with van der Waals surface area (Å²) in [6.45, 7) is -0.454. The van der Waals surface area contributed by atoms with Crippen molar-refractivity contribution in [3.05, 3.63) is 35.9 Å². The van der Waals surface area contributed by atoms with Gasteiger partial charge in [0.05, 0.1) is 19.0 Å². The molecule has 0 spiro atoms. The Hall–Kier alpha value is -2.94. The molecular weight excluding hydrogens is 316 g/mol. The van der Waals surface area contributed by atoms with Crippen molar-refractivity contribution in [2.75, 3.05) is 6.54 Å². The lowest BCUT2D eigenvalue weighted by Crippen LogP contribution is -2.49. The van der Waals surface area contributed by atoms with E-state index in [0.29, 0.717) is 6.42 Å². The Labute approximate surface area is 138 Å². The van der Waals surface area contributed by atoms with Crippen molar-refractivity contribution < 1.29 is 24.3 Å². The monoisotopic (exact) mass is 336 g/mol. The van der Waals surface area contributed by atoms with Gasteiger partial charge in [0.1, 0.15) is 6.04 Å². The second kappa shape index (κ2) is 9.26. The third-order valence-electron chi connectivity index (χ3n) is 3.10. The van der Waals surface area contributed by atoms with Crippen LogP contribution < -0.4 is 22.1 Å². The Morgan fingerprint density at radius 1 is 1.12 bits per heavy atom. The third-order valence-corrected chi connectivity index (χ3v) is 3.10. The second-order valence-corrected chi connectivity index (χ2v) is 5.14. The zero-order valence-electron chi connectivity index (χ0n) is 12.9. The van der Waals surface area contributed by atoms with Gasteiger partial charge in [0.2, 0.25) is 17.7 Å². The highest BCUT2D eigenvalue weighted by Gasteiger charge is 2.22. The van der Waals surface area contributed by atoms with Crippen LogP contribution in [0.3, 0.4) is 0 Å². The summed E-state index contributed by atoms with van der Waals surface area (Å²) in [5.74, 6) is -3.56. The van der Waals surface area contributed by atoms with Gasteiger partial charge in [-0.3, -0.25) is 14.4 Å². The fraction of sp³-hybridized carbons (Fsp3) is 0.333. The predicted octanol–water partition coefficient (Wildman–Crippen LogP) is -1.88. The number of carboxylic acids is 1. The molecule has 0 saturated heterocycles. The minimum absolute atomic E-state index is 0.299. The van der Waals surface area contributed by atoms with Crippen LogP contribution >= 0.6 is 0 Å². The number of rotatable bonds is 9. The molecule has 0 unspecified atom stereocenters. The molecule has 1 aromatic carbocycles. The van der Waals surface area contributed by atoms with Crippen LogP contribution in [0.25, 0.3) is 0 Å². The molecule has 0 radical (unpaired) electrons. The molecule has 0 aliphatic rings. The van der Waals surface area contributed by atoms with Crippen LogP contribution in [-0.2, 0) is 25.6 Å². The van der Waals surface area contributed by atoms with E-state index in [1.807, 2.05) is 30.3 Å². The van der Waals surface area contributed by atoms with Gasteiger partial charge in [-0.25, -0.2) is 4.79 Å². The van der Waals surface area contributed by atoms with Crippen molar-refractivity contribution >= 4 is 23.7 Å². The number of primary amides is 1. The molecule has 0 aromatic heterocycles. The molecule has 0 saturated carbocycles. The normalized spacial score (nSPS) is 12.7. The van der Waals surface area contributed by atoms with Crippen molar-refractivity contribution in [2.24, 2.45) is 11.5 Å². The van der Waals surface area contributed by atoms with Crippen molar-refractivity contribution in [3.8, 4) is 0 Å². The van der Waals surface area contributed by atoms with E-state index in [9.17, 15) is 19.2 Å². The summed E-state index contributed by atoms with van der Waals surface area (Å²) in [7, 11) is 0. The Balaban J connectivity index is 2.43. The fourth-order valence-electron chi connectivity index (χ4n) is 1.91. The minimum atomic E-state index is -1.44. The molecule has 9 nitrogen and oxygen atoms in total. The van der Waals surface area contributed by atoms with Crippen molar-refractivity contribution in [2.45, 2.75) is 24.9 Å². The maximum absolute atomic E-state index is 11.8. The Morgan fingerprint density at radius 3 is 2.29 bits per heavy atom. The van der Waals surface area contributed by atoms with E-state index in [0.717, 1.165) is 5.56 Å². The molecular formula is C15H20N4O5. The summed E-state index contributed by atoms with van der Waals surface area (Å²) in [5.41, 5.74) is 11.5. The van der Waals surface area contributed by atoms with E-state index >= 15 is 0 Å². The number of benzene rings is 1. The van der Waals surface area contributed by atoms with Crippen LogP contribution in [0.1, 0.15) is 12.0 Å². The molecule has 130 valence electrons. The maximum atomic E-state index is 11.8. The average Bonchev–Trinajstić information content (AvgIpc) is 2.52. The standard InChI is InChI=1S/C15H20N4O5/c16-10(6-9-4-2-1-3-5-9)14(22)18-8-13(21)19-11(15(23)24)7-12(17)20/h1-5,10-11H,6-8,16H2,(H2,17,20)(H,18,22)(H,19,21)(H,23,24)/t10-,11-/m0/s1. The molecule has 0 bridgehead atoms. The number of amides is 3. The molecule has 1 rings (SSSR count). The van der Waals surface area contributed by atoms with Gasteiger partial charge in [-0.05, 0) is 12.0 Å². The molecule has 0 aliphatic carbocycles. The van der Waals surface area contributed by atoms with Crippen LogP contribution in [0.2, 0.25) is 0 Å². The van der Waals surface area contributed by atoms with Crippen LogP contribution in [-0.4, -0.2) is 47.4 Å². The number of hydrogen-bond donors (Lipinski definition) is 5. The number of nitrogens with two attached hydrogens (primary N) is 2. The molecule has 2 atom stereocenters. The summed E-state index contributed by atoms with van der Waals surface area (Å²) in [5, 5.41) is 13.3. The molecule has 24 heavy (non-hydrogen) atoms. The minimum Gasteiger partial charge on any atom is -0.480 e. The van der Waals surface area contributed by atoms with Gasteiger partial charge in [0, 0.05) is 0 Å². The largest absolute Gasteiger partial charge is 0.480 e. The predicted molar refractivity (Wildman–Crippen MR) is 84.5 cm³/mol. The number of carbonyl (C=O) groups is 4. The van der Waals surface area contributed by atoms with Crippen LogP contribution in [0, 0.1) is 0 Å². The first-order chi connectivity index (χ1) is 11.3. The van der Waals surface area contributed by atoms with Gasteiger partial charge in [-0.1, -0.05) is 30.3 Å². The lowest BCUT2D eigenvalue weighted by Gasteiger charge is -2.15. The van der Waals surface area contributed by atoms with E-state index in [4.69, 9.17) is 16.6 Å². The number of carbonyl (C=O) groups excluding carboxylic acids is 3. The van der Waals surface area contributed by atoms with Gasteiger partial charge in [0.15, 0.2) is 0 Å². The highest BCUT2D eigenvalue weighted by atomic mass is 16.4. The number of aliphatic carboxylic acids is 1. The lowest BCUT2D eigenvalue weighted by atomic mass is 10.1. The van der Waals surface area contributed by atoms with E-state index < -0.39 is 48.7 Å². The zero-order chi connectivity index (χ0) is 18.1. The summed E-state index contributed by atoms with van der Waals surface area (Å²) < 4.78 is 0. The van der Waals surface area contributed by atoms with Gasteiger partial charge in [-0.15, -0.1) is 0 Å². The number of carboxylic acid groups (broad SMARTS) is 1. The van der Waals surface area contributed by atoms with E-state index in [-0.39, 0.29) is 0 Å². The molecule has 7 N–H and O–H groups in total. The smallest absolute Gasteiger partial charge is 0.326 e. The average molecular weight is 336 g/mol. The van der Waals surface area contributed by atoms with Crippen LogP contribution in [0.5, 0.6) is 0 Å². The van der Waals surface area contributed by atoms with Crippen molar-refractivity contribution in [3.63, 3.8) is 0 Å². The van der Waals surface area contributed by atoms with E-state index in [1.54, 1.807) is 0 Å². The molecule has 0 heterocycles. The molecule has 9 heteroatoms. The quantitative estimate of drug-likeness (QED) is 0.354. The first-order valence-electron chi connectivity index (χ1n) is 7.17. The first kappa shape index (κ1) is 19.1. The van der Waals surface area contributed by atoms with Crippen molar-refractivity contribution in [1.82, 2.24) is 10.6 Å². The van der Waals surface area contributed by atoms with Gasteiger partial charge >= 0.3 is 5.97 Å². The van der Waals surface area contributed by atoms with Gasteiger partial charge in [0.25, 0.3) is 0 Å². The Bertz CT molecular complexity index is 605. The SMILES string of the molecule is NC(=O)C[C@H](NC(=O)CNC(=O)[C@@H](N)Cc1ccccc1)C(=O)O. The molecule has 0 aliphatic heterocycles. The molecule has 1 aromatic rings. The summed E-state index contributed by atoms with van der Waals surface area (Å²) in [6, 6.07) is 6.83. The Kier molecular flexibility index (Phi) is 7.37. The Morgan fingerprint density at radius 2 is 1.75 bits per heavy atom. The summed E-state index contributed by atoms with van der Waals surface area (Å²) >= 11 is 0. The zero-order valence-corrected chi connectivity index (χ0v) is 12.9. The number of hydrogen-bond acceptors (Lipinski definition) is 5. The summed E-state index contributed by atoms with van der Waals surface area (Å²) in [6.07, 6.45) is -0.240. The topological polar surface area (TPSA) is 165 Å². The lowest BCUT2D eigenvalue weighted by molar-refractivity contribution is -0.143. The van der Waals surface area contributed by atoms with Crippen LogP contribution in [0.4, 0.5) is 0 Å². The molecule has 0 fully saturated rings. The van der Waals surface area contributed by atoms with E-state index in [2.05, 4.69) is 10.6 Å². The second-order valence-electron chi connectivity index (χ2n) is 5.14.